The maximum atomic E-state index is 12.8. The minimum atomic E-state index is -0.234. The SMILES string of the molecule is NNC(CCc1cccnc1)c1ccc(F)cc1. The first-order valence-electron chi connectivity index (χ1n) is 5.90. The molecule has 0 aliphatic heterocycles. The molecule has 0 amide bonds. The van der Waals surface area contributed by atoms with Crippen LogP contribution >= 0.6 is 0 Å². The molecule has 94 valence electrons. The third-order valence-electron chi connectivity index (χ3n) is 2.92. The molecule has 0 bridgehead atoms. The first-order chi connectivity index (χ1) is 8.79. The van der Waals surface area contributed by atoms with Crippen molar-refractivity contribution in [3.05, 3.63) is 65.7 Å². The van der Waals surface area contributed by atoms with E-state index in [0.717, 1.165) is 18.4 Å². The Morgan fingerprint density at radius 2 is 2.00 bits per heavy atom. The van der Waals surface area contributed by atoms with Crippen LogP contribution in [-0.2, 0) is 6.42 Å². The van der Waals surface area contributed by atoms with E-state index in [9.17, 15) is 4.39 Å². The van der Waals surface area contributed by atoms with Gasteiger partial charge in [-0.3, -0.25) is 16.3 Å². The third-order valence-corrected chi connectivity index (χ3v) is 2.92. The van der Waals surface area contributed by atoms with Crippen LogP contribution in [0.15, 0.2) is 48.8 Å². The molecule has 18 heavy (non-hydrogen) atoms. The fourth-order valence-electron chi connectivity index (χ4n) is 1.90. The Balaban J connectivity index is 1.99. The Kier molecular flexibility index (Phi) is 4.39. The normalized spacial score (nSPS) is 12.3. The highest BCUT2D eigenvalue weighted by atomic mass is 19.1. The number of nitrogens with one attached hydrogen (secondary N) is 1. The Morgan fingerprint density at radius 3 is 2.61 bits per heavy atom. The summed E-state index contributed by atoms with van der Waals surface area (Å²) in [6, 6.07) is 10.4. The van der Waals surface area contributed by atoms with Gasteiger partial charge in [0.15, 0.2) is 0 Å². The second-order valence-corrected chi connectivity index (χ2v) is 4.17. The predicted molar refractivity (Wildman–Crippen MR) is 69.0 cm³/mol. The molecular formula is C14H16FN3. The summed E-state index contributed by atoms with van der Waals surface area (Å²) in [6.07, 6.45) is 5.31. The van der Waals surface area contributed by atoms with E-state index in [4.69, 9.17) is 5.84 Å². The van der Waals surface area contributed by atoms with E-state index in [1.54, 1.807) is 18.3 Å². The van der Waals surface area contributed by atoms with Gasteiger partial charge in [-0.05, 0) is 42.2 Å². The van der Waals surface area contributed by atoms with Crippen LogP contribution in [0.4, 0.5) is 4.39 Å². The predicted octanol–water partition coefficient (Wildman–Crippen LogP) is 2.36. The van der Waals surface area contributed by atoms with Crippen LogP contribution in [-0.4, -0.2) is 4.98 Å². The van der Waals surface area contributed by atoms with Gasteiger partial charge in [-0.1, -0.05) is 18.2 Å². The van der Waals surface area contributed by atoms with Gasteiger partial charge in [0.05, 0.1) is 0 Å². The maximum Gasteiger partial charge on any atom is 0.123 e. The number of halogens is 1. The van der Waals surface area contributed by atoms with Crippen LogP contribution in [0, 0.1) is 5.82 Å². The summed E-state index contributed by atoms with van der Waals surface area (Å²) >= 11 is 0. The summed E-state index contributed by atoms with van der Waals surface area (Å²) in [5, 5.41) is 0. The summed E-state index contributed by atoms with van der Waals surface area (Å²) in [6.45, 7) is 0. The Labute approximate surface area is 106 Å². The number of hydrazine groups is 1. The summed E-state index contributed by atoms with van der Waals surface area (Å²) in [4.78, 5) is 4.07. The number of aromatic nitrogens is 1. The molecule has 0 aliphatic rings. The van der Waals surface area contributed by atoms with Gasteiger partial charge in [-0.25, -0.2) is 4.39 Å². The summed E-state index contributed by atoms with van der Waals surface area (Å²) in [7, 11) is 0. The molecular weight excluding hydrogens is 229 g/mol. The molecule has 1 aromatic heterocycles. The van der Waals surface area contributed by atoms with Gasteiger partial charge in [-0.15, -0.1) is 0 Å². The number of rotatable bonds is 5. The molecule has 3 nitrogen and oxygen atoms in total. The Hall–Kier alpha value is -1.78. The van der Waals surface area contributed by atoms with Gasteiger partial charge in [0.25, 0.3) is 0 Å². The molecule has 3 N–H and O–H groups in total. The summed E-state index contributed by atoms with van der Waals surface area (Å²) < 4.78 is 12.8. The van der Waals surface area contributed by atoms with Gasteiger partial charge >= 0.3 is 0 Å². The number of hydrogen-bond acceptors (Lipinski definition) is 3. The lowest BCUT2D eigenvalue weighted by Crippen LogP contribution is -2.28. The van der Waals surface area contributed by atoms with Crippen molar-refractivity contribution in [2.24, 2.45) is 5.84 Å². The number of pyridine rings is 1. The van der Waals surface area contributed by atoms with E-state index < -0.39 is 0 Å². The molecule has 2 rings (SSSR count). The molecule has 1 unspecified atom stereocenters. The highest BCUT2D eigenvalue weighted by Gasteiger charge is 2.09. The summed E-state index contributed by atoms with van der Waals surface area (Å²) in [5.74, 6) is 5.31. The smallest absolute Gasteiger partial charge is 0.123 e. The number of hydrogen-bond donors (Lipinski definition) is 2. The Morgan fingerprint density at radius 1 is 1.22 bits per heavy atom. The van der Waals surface area contributed by atoms with Crippen molar-refractivity contribution in [1.29, 1.82) is 0 Å². The van der Waals surface area contributed by atoms with Crippen molar-refractivity contribution < 1.29 is 4.39 Å². The van der Waals surface area contributed by atoms with Crippen LogP contribution in [0.25, 0.3) is 0 Å². The van der Waals surface area contributed by atoms with Crippen LogP contribution < -0.4 is 11.3 Å². The number of aryl methyl sites for hydroxylation is 1. The molecule has 0 fully saturated rings. The fraction of sp³-hybridized carbons (Fsp3) is 0.214. The minimum absolute atomic E-state index is 0.0193. The van der Waals surface area contributed by atoms with Gasteiger partial charge in [0, 0.05) is 18.4 Å². The minimum Gasteiger partial charge on any atom is -0.271 e. The summed E-state index contributed by atoms with van der Waals surface area (Å²) in [5.41, 5.74) is 4.92. The molecule has 1 atom stereocenters. The molecule has 0 aliphatic carbocycles. The second-order valence-electron chi connectivity index (χ2n) is 4.17. The molecule has 0 spiro atoms. The van der Waals surface area contributed by atoms with E-state index in [1.165, 1.54) is 17.7 Å². The first kappa shape index (κ1) is 12.7. The van der Waals surface area contributed by atoms with E-state index in [-0.39, 0.29) is 11.9 Å². The third kappa shape index (κ3) is 3.35. The number of benzene rings is 1. The standard InChI is InChI=1S/C14H16FN3/c15-13-6-4-12(5-7-13)14(18-16)8-3-11-2-1-9-17-10-11/h1-2,4-7,9-10,14,18H,3,8,16H2. The van der Waals surface area contributed by atoms with Crippen LogP contribution in [0.2, 0.25) is 0 Å². The molecule has 0 radical (unpaired) electrons. The van der Waals surface area contributed by atoms with Gasteiger partial charge in [0.2, 0.25) is 0 Å². The lowest BCUT2D eigenvalue weighted by molar-refractivity contribution is 0.514. The van der Waals surface area contributed by atoms with E-state index in [2.05, 4.69) is 10.4 Å². The van der Waals surface area contributed by atoms with Gasteiger partial charge in [0.1, 0.15) is 5.82 Å². The van der Waals surface area contributed by atoms with Gasteiger partial charge < -0.3 is 0 Å². The quantitative estimate of drug-likeness (QED) is 0.628. The Bertz CT molecular complexity index is 470. The van der Waals surface area contributed by atoms with E-state index >= 15 is 0 Å². The van der Waals surface area contributed by atoms with Crippen molar-refractivity contribution >= 4 is 0 Å². The van der Waals surface area contributed by atoms with Crippen LogP contribution in [0.3, 0.4) is 0 Å². The van der Waals surface area contributed by atoms with E-state index in [1.807, 2.05) is 18.3 Å². The van der Waals surface area contributed by atoms with Crippen LogP contribution in [0.1, 0.15) is 23.6 Å². The lowest BCUT2D eigenvalue weighted by atomic mass is 10.0. The number of nitrogens with zero attached hydrogens (tertiary/aromatic N) is 1. The second kappa shape index (κ2) is 6.23. The van der Waals surface area contributed by atoms with Crippen molar-refractivity contribution in [2.75, 3.05) is 0 Å². The highest BCUT2D eigenvalue weighted by molar-refractivity contribution is 5.20. The molecule has 2 aromatic rings. The topological polar surface area (TPSA) is 50.9 Å². The number of nitrogens with two attached hydrogens (primary N) is 1. The monoisotopic (exact) mass is 245 g/mol. The molecule has 0 saturated heterocycles. The van der Waals surface area contributed by atoms with Crippen molar-refractivity contribution in [3.8, 4) is 0 Å². The average molecular weight is 245 g/mol. The fourth-order valence-corrected chi connectivity index (χ4v) is 1.90. The molecule has 0 saturated carbocycles. The van der Waals surface area contributed by atoms with Crippen molar-refractivity contribution in [3.63, 3.8) is 0 Å². The largest absolute Gasteiger partial charge is 0.271 e. The maximum absolute atomic E-state index is 12.8. The zero-order chi connectivity index (χ0) is 12.8. The lowest BCUT2D eigenvalue weighted by Gasteiger charge is -2.16. The van der Waals surface area contributed by atoms with Crippen LogP contribution in [0.5, 0.6) is 0 Å². The van der Waals surface area contributed by atoms with Gasteiger partial charge in [-0.2, -0.15) is 0 Å². The first-order valence-corrected chi connectivity index (χ1v) is 5.90. The zero-order valence-electron chi connectivity index (χ0n) is 10.0. The van der Waals surface area contributed by atoms with Crippen molar-refractivity contribution in [2.45, 2.75) is 18.9 Å². The van der Waals surface area contributed by atoms with Crippen molar-refractivity contribution in [1.82, 2.24) is 10.4 Å². The molecule has 1 heterocycles. The molecule has 1 aromatic carbocycles. The average Bonchev–Trinajstić information content (AvgIpc) is 2.42. The van der Waals surface area contributed by atoms with E-state index in [0.29, 0.717) is 0 Å². The molecule has 4 heteroatoms. The highest BCUT2D eigenvalue weighted by Crippen LogP contribution is 2.18. The zero-order valence-corrected chi connectivity index (χ0v) is 10.0.